The fourth-order valence-corrected chi connectivity index (χ4v) is 1.88. The molecule has 2 atom stereocenters. The number of hydrogen-bond acceptors (Lipinski definition) is 4. The molecule has 0 aliphatic carbocycles. The number of ether oxygens (including phenoxy) is 1. The minimum absolute atomic E-state index is 0.00968. The van der Waals surface area contributed by atoms with Crippen molar-refractivity contribution in [2.24, 2.45) is 5.92 Å². The van der Waals surface area contributed by atoms with Crippen LogP contribution in [-0.4, -0.2) is 25.0 Å². The van der Waals surface area contributed by atoms with Crippen LogP contribution in [0.3, 0.4) is 0 Å². The Hall–Kier alpha value is -2.49. The summed E-state index contributed by atoms with van der Waals surface area (Å²) in [5.74, 6) is -3.34. The molecule has 118 valence electrons. The Morgan fingerprint density at radius 1 is 1.41 bits per heavy atom. The van der Waals surface area contributed by atoms with Crippen LogP contribution in [0.25, 0.3) is 0 Å². The molecule has 1 amide bonds. The Morgan fingerprint density at radius 3 is 2.64 bits per heavy atom. The largest absolute Gasteiger partial charge is 0.467 e. The van der Waals surface area contributed by atoms with Crippen LogP contribution in [-0.2, 0) is 20.7 Å². The third-order valence-corrected chi connectivity index (χ3v) is 3.12. The van der Waals surface area contributed by atoms with Crippen LogP contribution < -0.4 is 5.32 Å². The maximum atomic E-state index is 13.5. The van der Waals surface area contributed by atoms with Gasteiger partial charge in [0, 0.05) is 18.4 Å². The van der Waals surface area contributed by atoms with E-state index in [2.05, 4.69) is 10.1 Å². The maximum absolute atomic E-state index is 13.5. The van der Waals surface area contributed by atoms with E-state index in [1.54, 1.807) is 6.92 Å². The summed E-state index contributed by atoms with van der Waals surface area (Å²) in [5, 5.41) is 11.1. The summed E-state index contributed by atoms with van der Waals surface area (Å²) in [5.41, 5.74) is 0.00968. The van der Waals surface area contributed by atoms with Gasteiger partial charge in [0.15, 0.2) is 0 Å². The third-order valence-electron chi connectivity index (χ3n) is 3.12. The van der Waals surface area contributed by atoms with Gasteiger partial charge in [-0.1, -0.05) is 13.0 Å². The first-order chi connectivity index (χ1) is 10.4. The van der Waals surface area contributed by atoms with Gasteiger partial charge in [-0.05, 0) is 11.6 Å². The number of rotatable bonds is 6. The van der Waals surface area contributed by atoms with Gasteiger partial charge in [-0.3, -0.25) is 4.79 Å². The van der Waals surface area contributed by atoms with Crippen molar-refractivity contribution < 1.29 is 23.1 Å². The summed E-state index contributed by atoms with van der Waals surface area (Å²) in [6.45, 7) is 1.61. The molecule has 1 aromatic carbocycles. The zero-order valence-corrected chi connectivity index (χ0v) is 12.2. The van der Waals surface area contributed by atoms with Crippen LogP contribution in [0.2, 0.25) is 0 Å². The molecule has 0 aliphatic heterocycles. The first-order valence-electron chi connectivity index (χ1n) is 6.57. The summed E-state index contributed by atoms with van der Waals surface area (Å²) in [6.07, 6.45) is -0.302. The summed E-state index contributed by atoms with van der Waals surface area (Å²) < 4.78 is 30.9. The minimum atomic E-state index is -0.999. The number of amides is 1. The van der Waals surface area contributed by atoms with Crippen molar-refractivity contribution >= 4 is 11.9 Å². The summed E-state index contributed by atoms with van der Waals surface area (Å²) in [7, 11) is 1.17. The standard InChI is InChI=1S/C15H16F2N2O3/c1-9(5-6-18)14(15(21)22-2)19-13(20)7-10-3-4-11(16)8-12(10)17/h3-4,8-9,14H,5,7H2,1-2H3,(H,19,20)/t9-,14+/m0/s1. The summed E-state index contributed by atoms with van der Waals surface area (Å²) in [4.78, 5) is 23.6. The second-order valence-electron chi connectivity index (χ2n) is 4.82. The van der Waals surface area contributed by atoms with Crippen molar-refractivity contribution in [3.05, 3.63) is 35.4 Å². The van der Waals surface area contributed by atoms with Crippen molar-refractivity contribution in [3.8, 4) is 6.07 Å². The van der Waals surface area contributed by atoms with E-state index in [4.69, 9.17) is 5.26 Å². The van der Waals surface area contributed by atoms with E-state index in [1.807, 2.05) is 6.07 Å². The molecular formula is C15H16F2N2O3. The number of halogens is 2. The molecule has 0 radical (unpaired) electrons. The molecule has 0 fully saturated rings. The molecule has 1 N–H and O–H groups in total. The number of carbonyl (C=O) groups is 2. The first kappa shape index (κ1) is 17.6. The van der Waals surface area contributed by atoms with Crippen molar-refractivity contribution in [1.29, 1.82) is 5.26 Å². The zero-order valence-electron chi connectivity index (χ0n) is 12.2. The SMILES string of the molecule is COC(=O)[C@H](NC(=O)Cc1ccc(F)cc1F)[C@@H](C)CC#N. The van der Waals surface area contributed by atoms with E-state index in [9.17, 15) is 18.4 Å². The number of benzene rings is 1. The average Bonchev–Trinajstić information content (AvgIpc) is 2.47. The Bertz CT molecular complexity index is 599. The lowest BCUT2D eigenvalue weighted by molar-refractivity contribution is -0.146. The van der Waals surface area contributed by atoms with E-state index in [0.29, 0.717) is 6.07 Å². The van der Waals surface area contributed by atoms with Crippen molar-refractivity contribution in [2.45, 2.75) is 25.8 Å². The molecule has 22 heavy (non-hydrogen) atoms. The molecule has 0 bridgehead atoms. The second-order valence-corrected chi connectivity index (χ2v) is 4.82. The Morgan fingerprint density at radius 2 is 2.09 bits per heavy atom. The van der Waals surface area contributed by atoms with E-state index in [1.165, 1.54) is 7.11 Å². The topological polar surface area (TPSA) is 79.2 Å². The minimum Gasteiger partial charge on any atom is -0.467 e. The van der Waals surface area contributed by atoms with E-state index in [-0.39, 0.29) is 18.4 Å². The molecule has 0 saturated carbocycles. The lowest BCUT2D eigenvalue weighted by Crippen LogP contribution is -2.46. The van der Waals surface area contributed by atoms with Crippen LogP contribution in [0.4, 0.5) is 8.78 Å². The fourth-order valence-electron chi connectivity index (χ4n) is 1.88. The van der Waals surface area contributed by atoms with Crippen LogP contribution >= 0.6 is 0 Å². The summed E-state index contributed by atoms with van der Waals surface area (Å²) >= 11 is 0. The van der Waals surface area contributed by atoms with Gasteiger partial charge in [0.2, 0.25) is 5.91 Å². The van der Waals surface area contributed by atoms with Gasteiger partial charge in [-0.25, -0.2) is 13.6 Å². The molecule has 5 nitrogen and oxygen atoms in total. The molecule has 0 heterocycles. The van der Waals surface area contributed by atoms with Crippen molar-refractivity contribution in [2.75, 3.05) is 7.11 Å². The van der Waals surface area contributed by atoms with Crippen LogP contribution in [0, 0.1) is 28.9 Å². The number of nitrogens with zero attached hydrogens (tertiary/aromatic N) is 1. The second kappa shape index (κ2) is 8.08. The average molecular weight is 310 g/mol. The zero-order chi connectivity index (χ0) is 16.7. The number of nitrogens with one attached hydrogen (secondary N) is 1. The highest BCUT2D eigenvalue weighted by Gasteiger charge is 2.27. The lowest BCUT2D eigenvalue weighted by atomic mass is 9.98. The van der Waals surface area contributed by atoms with Crippen LogP contribution in [0.1, 0.15) is 18.9 Å². The Labute approximate surface area is 126 Å². The van der Waals surface area contributed by atoms with Gasteiger partial charge in [0.05, 0.1) is 19.6 Å². The molecule has 0 aromatic heterocycles. The molecule has 0 spiro atoms. The Balaban J connectivity index is 2.78. The lowest BCUT2D eigenvalue weighted by Gasteiger charge is -2.21. The van der Waals surface area contributed by atoms with E-state index in [0.717, 1.165) is 12.1 Å². The van der Waals surface area contributed by atoms with Crippen LogP contribution in [0.15, 0.2) is 18.2 Å². The molecule has 7 heteroatoms. The van der Waals surface area contributed by atoms with Crippen molar-refractivity contribution in [1.82, 2.24) is 5.32 Å². The number of methoxy groups -OCH3 is 1. The number of esters is 1. The highest BCUT2D eigenvalue weighted by atomic mass is 19.1. The van der Waals surface area contributed by atoms with Gasteiger partial charge in [0.25, 0.3) is 0 Å². The predicted octanol–water partition coefficient (Wildman–Crippen LogP) is 1.71. The summed E-state index contributed by atoms with van der Waals surface area (Å²) in [6, 6.07) is 3.79. The van der Waals surface area contributed by atoms with Crippen molar-refractivity contribution in [3.63, 3.8) is 0 Å². The van der Waals surface area contributed by atoms with Crippen LogP contribution in [0.5, 0.6) is 0 Å². The smallest absolute Gasteiger partial charge is 0.328 e. The fraction of sp³-hybridized carbons (Fsp3) is 0.400. The van der Waals surface area contributed by atoms with Gasteiger partial charge in [-0.2, -0.15) is 5.26 Å². The molecule has 0 aliphatic rings. The quantitative estimate of drug-likeness (QED) is 0.811. The highest BCUT2D eigenvalue weighted by molar-refractivity contribution is 5.85. The highest BCUT2D eigenvalue weighted by Crippen LogP contribution is 2.12. The van der Waals surface area contributed by atoms with E-state index < -0.39 is 35.5 Å². The molecular weight excluding hydrogens is 294 g/mol. The molecule has 0 unspecified atom stereocenters. The molecule has 1 rings (SSSR count). The molecule has 1 aromatic rings. The third kappa shape index (κ3) is 4.81. The number of nitriles is 1. The van der Waals surface area contributed by atoms with Gasteiger partial charge < -0.3 is 10.1 Å². The monoisotopic (exact) mass is 310 g/mol. The maximum Gasteiger partial charge on any atom is 0.328 e. The predicted molar refractivity (Wildman–Crippen MR) is 73.4 cm³/mol. The number of carbonyl (C=O) groups excluding carboxylic acids is 2. The molecule has 0 saturated heterocycles. The van der Waals surface area contributed by atoms with E-state index >= 15 is 0 Å². The normalized spacial score (nSPS) is 12.9. The number of hydrogen-bond donors (Lipinski definition) is 1. The van der Waals surface area contributed by atoms with Gasteiger partial charge in [0.1, 0.15) is 17.7 Å². The Kier molecular flexibility index (Phi) is 6.45. The van der Waals surface area contributed by atoms with Gasteiger partial charge in [-0.15, -0.1) is 0 Å². The van der Waals surface area contributed by atoms with Gasteiger partial charge >= 0.3 is 5.97 Å². The first-order valence-corrected chi connectivity index (χ1v) is 6.57.